The fraction of sp³-hybridized carbons (Fsp3) is 0.400. The van der Waals surface area contributed by atoms with E-state index in [1.54, 1.807) is 20.8 Å². The second-order valence-electron chi connectivity index (χ2n) is 5.15. The topological polar surface area (TPSA) is 128 Å². The first-order valence-electron chi connectivity index (χ1n) is 7.41. The molecule has 0 aliphatic carbocycles. The number of rotatable bonds is 7. The van der Waals surface area contributed by atoms with Crippen LogP contribution < -0.4 is 10.0 Å². The van der Waals surface area contributed by atoms with Crippen LogP contribution in [0.2, 0.25) is 0 Å². The van der Waals surface area contributed by atoms with Crippen molar-refractivity contribution in [3.63, 3.8) is 0 Å². The van der Waals surface area contributed by atoms with Gasteiger partial charge in [-0.3, -0.25) is 10.1 Å². The molecule has 0 spiro atoms. The van der Waals surface area contributed by atoms with E-state index < -0.39 is 34.6 Å². The Balaban J connectivity index is 2.72. The lowest BCUT2D eigenvalue weighted by Crippen LogP contribution is -2.34. The van der Waals surface area contributed by atoms with Gasteiger partial charge in [0.05, 0.1) is 17.1 Å². The molecule has 0 saturated heterocycles. The molecule has 9 nitrogen and oxygen atoms in total. The van der Waals surface area contributed by atoms with Gasteiger partial charge in [-0.25, -0.2) is 22.7 Å². The SMILES string of the molecule is CCOC(=O)NC(=O)COC(=O)c1cccc(S(=O)(=O)NC(C)C)c1. The van der Waals surface area contributed by atoms with E-state index in [9.17, 15) is 22.8 Å². The fourth-order valence-electron chi connectivity index (χ4n) is 1.70. The second-order valence-corrected chi connectivity index (χ2v) is 6.86. The number of alkyl carbamates (subject to hydrolysis) is 1. The van der Waals surface area contributed by atoms with Gasteiger partial charge in [0, 0.05) is 6.04 Å². The number of carbonyl (C=O) groups is 3. The van der Waals surface area contributed by atoms with Gasteiger partial charge in [-0.15, -0.1) is 0 Å². The van der Waals surface area contributed by atoms with E-state index in [0.717, 1.165) is 6.07 Å². The number of ether oxygens (including phenoxy) is 2. The van der Waals surface area contributed by atoms with Crippen LogP contribution in [0, 0.1) is 0 Å². The Morgan fingerprint density at radius 2 is 1.84 bits per heavy atom. The highest BCUT2D eigenvalue weighted by atomic mass is 32.2. The van der Waals surface area contributed by atoms with E-state index >= 15 is 0 Å². The van der Waals surface area contributed by atoms with Crippen molar-refractivity contribution in [2.24, 2.45) is 0 Å². The third-order valence-electron chi connectivity index (χ3n) is 2.62. The Morgan fingerprint density at radius 3 is 2.44 bits per heavy atom. The summed E-state index contributed by atoms with van der Waals surface area (Å²) in [6.45, 7) is 4.28. The standard InChI is InChI=1S/C15H20N2O7S/c1-4-23-15(20)16-13(18)9-24-14(19)11-6-5-7-12(8-11)25(21,22)17-10(2)3/h5-8,10,17H,4,9H2,1-3H3,(H,16,18,20). The largest absolute Gasteiger partial charge is 0.452 e. The molecular weight excluding hydrogens is 352 g/mol. The summed E-state index contributed by atoms with van der Waals surface area (Å²) in [6, 6.07) is 4.88. The van der Waals surface area contributed by atoms with E-state index in [1.807, 2.05) is 5.32 Å². The van der Waals surface area contributed by atoms with Crippen molar-refractivity contribution in [2.45, 2.75) is 31.7 Å². The summed E-state index contributed by atoms with van der Waals surface area (Å²) in [5.74, 6) is -1.77. The van der Waals surface area contributed by atoms with Gasteiger partial charge in [0.25, 0.3) is 5.91 Å². The van der Waals surface area contributed by atoms with Gasteiger partial charge >= 0.3 is 12.1 Å². The third kappa shape index (κ3) is 6.89. The van der Waals surface area contributed by atoms with Crippen molar-refractivity contribution in [2.75, 3.05) is 13.2 Å². The average molecular weight is 372 g/mol. The molecule has 2 N–H and O–H groups in total. The van der Waals surface area contributed by atoms with Crippen LogP contribution in [0.25, 0.3) is 0 Å². The van der Waals surface area contributed by atoms with Gasteiger partial charge in [-0.2, -0.15) is 0 Å². The smallest absolute Gasteiger partial charge is 0.413 e. The van der Waals surface area contributed by atoms with E-state index in [-0.39, 0.29) is 23.1 Å². The molecule has 1 rings (SSSR count). The summed E-state index contributed by atoms with van der Waals surface area (Å²) in [6.07, 6.45) is -0.948. The van der Waals surface area contributed by atoms with Crippen molar-refractivity contribution in [3.8, 4) is 0 Å². The van der Waals surface area contributed by atoms with Crippen molar-refractivity contribution >= 4 is 28.0 Å². The molecule has 0 aliphatic rings. The number of hydrogen-bond donors (Lipinski definition) is 2. The van der Waals surface area contributed by atoms with Gasteiger partial charge in [0.1, 0.15) is 0 Å². The van der Waals surface area contributed by atoms with Gasteiger partial charge in [0.15, 0.2) is 6.61 Å². The van der Waals surface area contributed by atoms with E-state index in [4.69, 9.17) is 4.74 Å². The first-order valence-corrected chi connectivity index (χ1v) is 8.90. The summed E-state index contributed by atoms with van der Waals surface area (Å²) in [5.41, 5.74) is -0.0458. The minimum Gasteiger partial charge on any atom is -0.452 e. The van der Waals surface area contributed by atoms with Crippen LogP contribution in [0.5, 0.6) is 0 Å². The van der Waals surface area contributed by atoms with Gasteiger partial charge in [-0.1, -0.05) is 6.07 Å². The molecule has 0 aliphatic heterocycles. The molecule has 0 aromatic heterocycles. The third-order valence-corrected chi connectivity index (χ3v) is 4.28. The van der Waals surface area contributed by atoms with Gasteiger partial charge < -0.3 is 9.47 Å². The lowest BCUT2D eigenvalue weighted by Gasteiger charge is -2.10. The van der Waals surface area contributed by atoms with Gasteiger partial charge in [-0.05, 0) is 39.0 Å². The summed E-state index contributed by atoms with van der Waals surface area (Å²) >= 11 is 0. The number of imide groups is 1. The molecule has 1 aromatic rings. The quantitative estimate of drug-likeness (QED) is 0.678. The summed E-state index contributed by atoms with van der Waals surface area (Å²) in [7, 11) is -3.77. The molecular formula is C15H20N2O7S. The van der Waals surface area contributed by atoms with Crippen molar-refractivity contribution in [1.82, 2.24) is 10.0 Å². The summed E-state index contributed by atoms with van der Waals surface area (Å²) in [5, 5.41) is 1.86. The summed E-state index contributed by atoms with van der Waals surface area (Å²) < 4.78 is 35.8. The van der Waals surface area contributed by atoms with Crippen molar-refractivity contribution < 1.29 is 32.3 Å². The predicted octanol–water partition coefficient (Wildman–Crippen LogP) is 0.803. The van der Waals surface area contributed by atoms with Crippen LogP contribution in [0.1, 0.15) is 31.1 Å². The number of carbonyl (C=O) groups excluding carboxylic acids is 3. The Morgan fingerprint density at radius 1 is 1.16 bits per heavy atom. The number of amides is 2. The van der Waals surface area contributed by atoms with Crippen LogP contribution in [0.4, 0.5) is 4.79 Å². The molecule has 0 atom stereocenters. The molecule has 0 radical (unpaired) electrons. The van der Waals surface area contributed by atoms with Gasteiger partial charge in [0.2, 0.25) is 10.0 Å². The van der Waals surface area contributed by atoms with E-state index in [1.165, 1.54) is 18.2 Å². The maximum absolute atomic E-state index is 12.1. The van der Waals surface area contributed by atoms with E-state index in [2.05, 4.69) is 9.46 Å². The molecule has 0 fully saturated rings. The zero-order valence-electron chi connectivity index (χ0n) is 14.1. The summed E-state index contributed by atoms with van der Waals surface area (Å²) in [4.78, 5) is 34.3. The fourth-order valence-corrected chi connectivity index (χ4v) is 3.00. The molecule has 25 heavy (non-hydrogen) atoms. The minimum atomic E-state index is -3.77. The molecule has 2 amide bonds. The highest BCUT2D eigenvalue weighted by Crippen LogP contribution is 2.13. The Hall–Kier alpha value is -2.46. The number of benzene rings is 1. The Labute approximate surface area is 145 Å². The monoisotopic (exact) mass is 372 g/mol. The lowest BCUT2D eigenvalue weighted by molar-refractivity contribution is -0.123. The molecule has 138 valence electrons. The highest BCUT2D eigenvalue weighted by molar-refractivity contribution is 7.89. The molecule has 0 bridgehead atoms. The number of sulfonamides is 1. The second kappa shape index (κ2) is 9.14. The lowest BCUT2D eigenvalue weighted by atomic mass is 10.2. The molecule has 10 heteroatoms. The Bertz CT molecular complexity index is 744. The zero-order valence-corrected chi connectivity index (χ0v) is 14.9. The number of nitrogens with one attached hydrogen (secondary N) is 2. The molecule has 0 unspecified atom stereocenters. The maximum atomic E-state index is 12.1. The number of esters is 1. The van der Waals surface area contributed by atoms with Crippen LogP contribution in [0.15, 0.2) is 29.2 Å². The Kier molecular flexibility index (Phi) is 7.52. The first-order chi connectivity index (χ1) is 11.7. The average Bonchev–Trinajstić information content (AvgIpc) is 2.51. The minimum absolute atomic E-state index is 0.0458. The predicted molar refractivity (Wildman–Crippen MR) is 87.3 cm³/mol. The van der Waals surface area contributed by atoms with Crippen LogP contribution in [-0.2, 0) is 24.3 Å². The molecule has 0 saturated carbocycles. The van der Waals surface area contributed by atoms with E-state index in [0.29, 0.717) is 0 Å². The van der Waals surface area contributed by atoms with Crippen LogP contribution in [-0.4, -0.2) is 45.6 Å². The maximum Gasteiger partial charge on any atom is 0.413 e. The normalized spacial score (nSPS) is 11.0. The van der Waals surface area contributed by atoms with Crippen molar-refractivity contribution in [3.05, 3.63) is 29.8 Å². The zero-order chi connectivity index (χ0) is 19.0. The van der Waals surface area contributed by atoms with Crippen LogP contribution >= 0.6 is 0 Å². The first kappa shape index (κ1) is 20.6. The van der Waals surface area contributed by atoms with Crippen LogP contribution in [0.3, 0.4) is 0 Å². The highest BCUT2D eigenvalue weighted by Gasteiger charge is 2.18. The number of hydrogen-bond acceptors (Lipinski definition) is 7. The molecule has 0 heterocycles. The van der Waals surface area contributed by atoms with Crippen molar-refractivity contribution in [1.29, 1.82) is 0 Å². The molecule has 1 aromatic carbocycles.